The Bertz CT molecular complexity index is 283. The maximum absolute atomic E-state index is 11.7. The zero-order valence-corrected chi connectivity index (χ0v) is 11.0. The predicted molar refractivity (Wildman–Crippen MR) is 64.2 cm³/mol. The van der Waals surface area contributed by atoms with E-state index in [1.54, 1.807) is 0 Å². The Labute approximate surface area is 102 Å². The number of imide groups is 1. The van der Waals surface area contributed by atoms with E-state index in [9.17, 15) is 9.59 Å². The quantitative estimate of drug-likeness (QED) is 0.717. The summed E-state index contributed by atoms with van der Waals surface area (Å²) in [6, 6.07) is 0. The third-order valence-electron chi connectivity index (χ3n) is 3.18. The van der Waals surface area contributed by atoms with Crippen molar-refractivity contribution in [2.75, 3.05) is 12.4 Å². The zero-order valence-electron chi connectivity index (χ0n) is 10.3. The van der Waals surface area contributed by atoms with Crippen molar-refractivity contribution in [2.45, 2.75) is 40.0 Å². The van der Waals surface area contributed by atoms with E-state index in [0.717, 1.165) is 0 Å². The van der Waals surface area contributed by atoms with Gasteiger partial charge in [-0.15, -0.1) is 11.6 Å². The summed E-state index contributed by atoms with van der Waals surface area (Å²) < 4.78 is 0. The number of nitrogens with zero attached hydrogens (tertiary/aromatic N) is 1. The maximum Gasteiger partial charge on any atom is 0.229 e. The van der Waals surface area contributed by atoms with Crippen molar-refractivity contribution >= 4 is 23.4 Å². The lowest BCUT2D eigenvalue weighted by molar-refractivity contribution is -0.141. The standard InChI is InChI=1S/C12H20ClNO2/c1-12(2,3)9-7-11(16)14(8-9)10(15)5-4-6-13/h9H,4-8H2,1-3H3. The fraction of sp³-hybridized carbons (Fsp3) is 0.833. The molecule has 1 aliphatic rings. The number of rotatable bonds is 3. The normalized spacial score (nSPS) is 21.6. The van der Waals surface area contributed by atoms with Crippen LogP contribution in [0.4, 0.5) is 0 Å². The van der Waals surface area contributed by atoms with Gasteiger partial charge >= 0.3 is 0 Å². The van der Waals surface area contributed by atoms with Gasteiger partial charge < -0.3 is 0 Å². The Kier molecular flexibility index (Phi) is 4.36. The highest BCUT2D eigenvalue weighted by Gasteiger charge is 2.39. The van der Waals surface area contributed by atoms with E-state index in [4.69, 9.17) is 11.6 Å². The minimum Gasteiger partial charge on any atom is -0.282 e. The zero-order chi connectivity index (χ0) is 12.3. The first-order chi connectivity index (χ1) is 7.36. The molecule has 16 heavy (non-hydrogen) atoms. The van der Waals surface area contributed by atoms with Crippen molar-refractivity contribution in [3.63, 3.8) is 0 Å². The fourth-order valence-corrected chi connectivity index (χ4v) is 2.02. The molecule has 1 rings (SSSR count). The van der Waals surface area contributed by atoms with E-state index in [-0.39, 0.29) is 23.1 Å². The monoisotopic (exact) mass is 245 g/mol. The second kappa shape index (κ2) is 5.17. The molecule has 0 N–H and O–H groups in total. The number of likely N-dealkylation sites (tertiary alicyclic amines) is 1. The SMILES string of the molecule is CC(C)(C)C1CC(=O)N(C(=O)CCCCl)C1. The molecule has 3 nitrogen and oxygen atoms in total. The third-order valence-corrected chi connectivity index (χ3v) is 3.44. The number of carbonyl (C=O) groups is 2. The summed E-state index contributed by atoms with van der Waals surface area (Å²) in [6.45, 7) is 6.90. The number of hydrogen-bond acceptors (Lipinski definition) is 2. The lowest BCUT2D eigenvalue weighted by Gasteiger charge is -2.26. The van der Waals surface area contributed by atoms with Gasteiger partial charge in [0.25, 0.3) is 0 Å². The summed E-state index contributed by atoms with van der Waals surface area (Å²) in [7, 11) is 0. The largest absolute Gasteiger partial charge is 0.282 e. The summed E-state index contributed by atoms with van der Waals surface area (Å²) in [6.07, 6.45) is 1.52. The molecule has 0 spiro atoms. The van der Waals surface area contributed by atoms with Gasteiger partial charge in [0.05, 0.1) is 0 Å². The molecule has 4 heteroatoms. The van der Waals surface area contributed by atoms with E-state index in [0.29, 0.717) is 31.7 Å². The molecule has 0 aromatic rings. The summed E-state index contributed by atoms with van der Waals surface area (Å²) in [5.41, 5.74) is 0.0805. The van der Waals surface area contributed by atoms with Crippen LogP contribution in [-0.2, 0) is 9.59 Å². The smallest absolute Gasteiger partial charge is 0.229 e. The van der Waals surface area contributed by atoms with Gasteiger partial charge in [0, 0.05) is 25.3 Å². The molecular weight excluding hydrogens is 226 g/mol. The molecule has 0 saturated carbocycles. The molecule has 92 valence electrons. The van der Waals surface area contributed by atoms with Gasteiger partial charge in [0.1, 0.15) is 0 Å². The Balaban J connectivity index is 2.58. The third kappa shape index (κ3) is 3.21. The molecule has 1 fully saturated rings. The number of halogens is 1. The van der Waals surface area contributed by atoms with E-state index in [1.807, 2.05) is 0 Å². The first-order valence-electron chi connectivity index (χ1n) is 5.75. The molecule has 0 aromatic carbocycles. The highest BCUT2D eigenvalue weighted by molar-refractivity contribution is 6.18. The minimum atomic E-state index is -0.0719. The van der Waals surface area contributed by atoms with Crippen molar-refractivity contribution < 1.29 is 9.59 Å². The van der Waals surface area contributed by atoms with Gasteiger partial charge in [-0.05, 0) is 17.8 Å². The fourth-order valence-electron chi connectivity index (χ4n) is 1.88. The summed E-state index contributed by atoms with van der Waals surface area (Å²) in [5, 5.41) is 0. The first-order valence-corrected chi connectivity index (χ1v) is 6.29. The predicted octanol–water partition coefficient (Wildman–Crippen LogP) is 2.43. The van der Waals surface area contributed by atoms with Crippen LogP contribution in [0.2, 0.25) is 0 Å². The van der Waals surface area contributed by atoms with Gasteiger partial charge in [-0.3, -0.25) is 14.5 Å². The minimum absolute atomic E-state index is 0.0282. The number of carbonyl (C=O) groups excluding carboxylic acids is 2. The maximum atomic E-state index is 11.7. The molecule has 1 saturated heterocycles. The Hall–Kier alpha value is -0.570. The van der Waals surface area contributed by atoms with Crippen molar-refractivity contribution in [3.8, 4) is 0 Å². The van der Waals surface area contributed by atoms with Crippen LogP contribution < -0.4 is 0 Å². The number of alkyl halides is 1. The summed E-state index contributed by atoms with van der Waals surface area (Å²) in [5.74, 6) is 0.646. The number of amides is 2. The molecule has 0 radical (unpaired) electrons. The Morgan fingerprint density at radius 1 is 1.50 bits per heavy atom. The van der Waals surface area contributed by atoms with Crippen molar-refractivity contribution in [2.24, 2.45) is 11.3 Å². The lowest BCUT2D eigenvalue weighted by atomic mass is 9.80. The van der Waals surface area contributed by atoms with Crippen LogP contribution in [0.15, 0.2) is 0 Å². The topological polar surface area (TPSA) is 37.4 Å². The molecule has 0 aliphatic carbocycles. The van der Waals surface area contributed by atoms with Crippen molar-refractivity contribution in [1.29, 1.82) is 0 Å². The van der Waals surface area contributed by atoms with E-state index in [2.05, 4.69) is 20.8 Å². The van der Waals surface area contributed by atoms with E-state index in [1.165, 1.54) is 4.90 Å². The van der Waals surface area contributed by atoms with E-state index < -0.39 is 0 Å². The highest BCUT2D eigenvalue weighted by Crippen LogP contribution is 2.34. The van der Waals surface area contributed by atoms with Crippen LogP contribution in [0.5, 0.6) is 0 Å². The average Bonchev–Trinajstić information content (AvgIpc) is 2.56. The van der Waals surface area contributed by atoms with Gasteiger partial charge in [-0.1, -0.05) is 20.8 Å². The average molecular weight is 246 g/mol. The molecule has 2 amide bonds. The molecule has 1 aliphatic heterocycles. The van der Waals surface area contributed by atoms with Crippen LogP contribution in [0.3, 0.4) is 0 Å². The van der Waals surface area contributed by atoms with Crippen LogP contribution in [-0.4, -0.2) is 29.1 Å². The summed E-state index contributed by atoms with van der Waals surface area (Å²) >= 11 is 5.53. The highest BCUT2D eigenvalue weighted by atomic mass is 35.5. The second-order valence-electron chi connectivity index (χ2n) is 5.46. The molecule has 1 unspecified atom stereocenters. The second-order valence-corrected chi connectivity index (χ2v) is 5.84. The van der Waals surface area contributed by atoms with Gasteiger partial charge in [0.15, 0.2) is 0 Å². The molecule has 1 atom stereocenters. The van der Waals surface area contributed by atoms with Gasteiger partial charge in [-0.2, -0.15) is 0 Å². The van der Waals surface area contributed by atoms with Crippen LogP contribution in [0.25, 0.3) is 0 Å². The van der Waals surface area contributed by atoms with Gasteiger partial charge in [0.2, 0.25) is 11.8 Å². The lowest BCUT2D eigenvalue weighted by Crippen LogP contribution is -2.33. The molecule has 0 bridgehead atoms. The van der Waals surface area contributed by atoms with E-state index >= 15 is 0 Å². The molecule has 0 aromatic heterocycles. The van der Waals surface area contributed by atoms with Crippen molar-refractivity contribution in [1.82, 2.24) is 4.90 Å². The Morgan fingerprint density at radius 2 is 2.12 bits per heavy atom. The first kappa shape index (κ1) is 13.5. The van der Waals surface area contributed by atoms with Crippen LogP contribution in [0, 0.1) is 11.3 Å². The van der Waals surface area contributed by atoms with Gasteiger partial charge in [-0.25, -0.2) is 0 Å². The Morgan fingerprint density at radius 3 is 2.56 bits per heavy atom. The molecular formula is C12H20ClNO2. The van der Waals surface area contributed by atoms with Crippen LogP contribution in [0.1, 0.15) is 40.0 Å². The molecule has 1 heterocycles. The number of hydrogen-bond donors (Lipinski definition) is 0. The summed E-state index contributed by atoms with van der Waals surface area (Å²) in [4.78, 5) is 24.8. The van der Waals surface area contributed by atoms with Crippen molar-refractivity contribution in [3.05, 3.63) is 0 Å². The van der Waals surface area contributed by atoms with Crippen LogP contribution >= 0.6 is 11.6 Å².